The molecule has 0 aliphatic heterocycles. The van der Waals surface area contributed by atoms with Crippen LogP contribution in [0.2, 0.25) is 0 Å². The van der Waals surface area contributed by atoms with E-state index in [1.54, 1.807) is 19.1 Å². The minimum absolute atomic E-state index is 0.0133. The van der Waals surface area contributed by atoms with Gasteiger partial charge < -0.3 is 0 Å². The molecule has 2 rings (SSSR count). The Morgan fingerprint density at radius 3 is 2.00 bits per heavy atom. The molecule has 0 atom stereocenters. The number of rotatable bonds is 3. The Labute approximate surface area is 139 Å². The molecule has 0 amide bonds. The van der Waals surface area contributed by atoms with Gasteiger partial charge in [-0.2, -0.15) is 26.3 Å². The van der Waals surface area contributed by atoms with Crippen LogP contribution in [0, 0.1) is 6.92 Å². The Hall–Kier alpha value is -2.57. The maximum Gasteiger partial charge on any atom is 0.417 e. The van der Waals surface area contributed by atoms with Gasteiger partial charge in [-0.3, -0.25) is 4.79 Å². The zero-order chi connectivity index (χ0) is 18.8. The number of carbonyl (C=O) groups excluding carboxylic acids is 1. The third-order valence-electron chi connectivity index (χ3n) is 3.42. The van der Waals surface area contributed by atoms with Crippen molar-refractivity contribution in [3.63, 3.8) is 0 Å². The van der Waals surface area contributed by atoms with Gasteiger partial charge >= 0.3 is 12.4 Å². The summed E-state index contributed by atoms with van der Waals surface area (Å²) in [6.45, 7) is 1.74. The highest BCUT2D eigenvalue weighted by atomic mass is 19.4. The van der Waals surface area contributed by atoms with E-state index in [1.807, 2.05) is 0 Å². The van der Waals surface area contributed by atoms with Crippen molar-refractivity contribution in [1.29, 1.82) is 0 Å². The highest BCUT2D eigenvalue weighted by Gasteiger charge is 2.37. The number of ketones is 1. The monoisotopic (exact) mass is 358 g/mol. The van der Waals surface area contributed by atoms with Crippen molar-refractivity contribution in [3.05, 3.63) is 76.9 Å². The van der Waals surface area contributed by atoms with E-state index in [9.17, 15) is 31.1 Å². The quantitative estimate of drug-likeness (QED) is 0.383. The Morgan fingerprint density at radius 1 is 0.880 bits per heavy atom. The summed E-state index contributed by atoms with van der Waals surface area (Å²) in [6, 6.07) is 8.62. The van der Waals surface area contributed by atoms with E-state index >= 15 is 0 Å². The van der Waals surface area contributed by atoms with Crippen LogP contribution < -0.4 is 0 Å². The molecule has 0 unspecified atom stereocenters. The summed E-state index contributed by atoms with van der Waals surface area (Å²) in [5, 5.41) is 0. The molecule has 0 aliphatic rings. The molecule has 0 radical (unpaired) electrons. The smallest absolute Gasteiger partial charge is 0.289 e. The van der Waals surface area contributed by atoms with Crippen LogP contribution >= 0.6 is 0 Å². The molecule has 132 valence electrons. The summed E-state index contributed by atoms with van der Waals surface area (Å²) >= 11 is 0. The molecule has 0 aliphatic carbocycles. The fourth-order valence-corrected chi connectivity index (χ4v) is 2.12. The lowest BCUT2D eigenvalue weighted by atomic mass is 9.99. The van der Waals surface area contributed by atoms with Crippen molar-refractivity contribution < 1.29 is 31.1 Å². The summed E-state index contributed by atoms with van der Waals surface area (Å²) < 4.78 is 78.0. The number of carbonyl (C=O) groups is 1. The van der Waals surface area contributed by atoms with E-state index in [0.717, 1.165) is 17.7 Å². The van der Waals surface area contributed by atoms with Gasteiger partial charge in [-0.1, -0.05) is 42.0 Å². The van der Waals surface area contributed by atoms with E-state index in [-0.39, 0.29) is 5.56 Å². The van der Waals surface area contributed by atoms with E-state index in [4.69, 9.17) is 0 Å². The lowest BCUT2D eigenvalue weighted by Crippen LogP contribution is -2.14. The third kappa shape index (κ3) is 4.71. The molecular weight excluding hydrogens is 346 g/mol. The molecule has 0 fully saturated rings. The molecule has 1 nitrogen and oxygen atoms in total. The fourth-order valence-electron chi connectivity index (χ4n) is 2.12. The van der Waals surface area contributed by atoms with Gasteiger partial charge in [-0.25, -0.2) is 0 Å². The van der Waals surface area contributed by atoms with Crippen molar-refractivity contribution in [2.75, 3.05) is 0 Å². The first kappa shape index (κ1) is 18.8. The topological polar surface area (TPSA) is 17.1 Å². The molecule has 7 heteroatoms. The number of hydrogen-bond acceptors (Lipinski definition) is 1. The molecule has 0 N–H and O–H groups in total. The molecule has 25 heavy (non-hydrogen) atoms. The van der Waals surface area contributed by atoms with Gasteiger partial charge in [-0.05, 0) is 30.7 Å². The van der Waals surface area contributed by atoms with Crippen LogP contribution in [0.4, 0.5) is 26.3 Å². The minimum Gasteiger partial charge on any atom is -0.289 e. The van der Waals surface area contributed by atoms with E-state index in [0.29, 0.717) is 18.2 Å². The van der Waals surface area contributed by atoms with Crippen LogP contribution in [0.5, 0.6) is 0 Å². The zero-order valence-electron chi connectivity index (χ0n) is 12.9. The predicted molar refractivity (Wildman–Crippen MR) is 81.0 cm³/mol. The molecule has 0 saturated carbocycles. The van der Waals surface area contributed by atoms with Crippen molar-refractivity contribution in [2.24, 2.45) is 0 Å². The summed E-state index contributed by atoms with van der Waals surface area (Å²) in [7, 11) is 0. The van der Waals surface area contributed by atoms with Gasteiger partial charge in [0.05, 0.1) is 11.1 Å². The molecule has 0 bridgehead atoms. The first-order valence-corrected chi connectivity index (χ1v) is 7.06. The van der Waals surface area contributed by atoms with E-state index in [2.05, 4.69) is 0 Å². The average Bonchev–Trinajstić information content (AvgIpc) is 2.51. The minimum atomic E-state index is -4.98. The van der Waals surface area contributed by atoms with Crippen molar-refractivity contribution in [2.45, 2.75) is 19.3 Å². The second-order valence-corrected chi connectivity index (χ2v) is 5.36. The van der Waals surface area contributed by atoms with Crippen molar-refractivity contribution >= 4 is 11.4 Å². The Kier molecular flexibility index (Phi) is 5.06. The molecular formula is C18H12F6O. The lowest BCUT2D eigenvalue weighted by molar-refractivity contribution is -0.137. The molecule has 2 aromatic rings. The zero-order valence-corrected chi connectivity index (χ0v) is 12.9. The molecule has 0 spiro atoms. The maximum atomic E-state index is 13.3. The van der Waals surface area contributed by atoms with Gasteiger partial charge in [0.1, 0.15) is 0 Å². The van der Waals surface area contributed by atoms with Gasteiger partial charge in [0.2, 0.25) is 0 Å². The highest BCUT2D eigenvalue weighted by Crippen LogP contribution is 2.37. The van der Waals surface area contributed by atoms with Crippen LogP contribution in [0.1, 0.15) is 27.0 Å². The van der Waals surface area contributed by atoms with Crippen molar-refractivity contribution in [1.82, 2.24) is 0 Å². The van der Waals surface area contributed by atoms with Crippen LogP contribution in [0.25, 0.3) is 5.57 Å². The number of alkyl halides is 6. The Balaban J connectivity index is 2.50. The van der Waals surface area contributed by atoms with Crippen LogP contribution in [0.3, 0.4) is 0 Å². The average molecular weight is 358 g/mol. The normalized spacial score (nSPS) is 13.0. The van der Waals surface area contributed by atoms with Gasteiger partial charge in [0.25, 0.3) is 0 Å². The Bertz CT molecular complexity index is 798. The number of allylic oxidation sites excluding steroid dienone is 2. The third-order valence-corrected chi connectivity index (χ3v) is 3.42. The second kappa shape index (κ2) is 6.74. The lowest BCUT2D eigenvalue weighted by Gasteiger charge is -2.14. The van der Waals surface area contributed by atoms with Gasteiger partial charge in [0.15, 0.2) is 5.78 Å². The van der Waals surface area contributed by atoms with Crippen LogP contribution in [-0.2, 0) is 6.18 Å². The van der Waals surface area contributed by atoms with Crippen LogP contribution in [0.15, 0.2) is 54.6 Å². The standard InChI is InChI=1S/C18H12F6O/c1-11-5-7-12(8-6-11)16(25)10-15(18(22,23)24)13-3-2-4-14(9-13)17(19,20)21/h2-10H,1H3/b15-10+. The summed E-state index contributed by atoms with van der Waals surface area (Å²) in [5.74, 6) is -0.940. The Morgan fingerprint density at radius 2 is 1.48 bits per heavy atom. The number of benzene rings is 2. The molecule has 0 heterocycles. The number of halogens is 6. The first-order valence-electron chi connectivity index (χ1n) is 7.06. The molecule has 0 saturated heterocycles. The highest BCUT2D eigenvalue weighted by molar-refractivity contribution is 6.09. The first-order chi connectivity index (χ1) is 11.5. The molecule has 2 aromatic carbocycles. The van der Waals surface area contributed by atoms with Crippen LogP contribution in [-0.4, -0.2) is 12.0 Å². The SMILES string of the molecule is Cc1ccc(C(=O)/C=C(\c2cccc(C(F)(F)F)c2)C(F)(F)F)cc1. The summed E-state index contributed by atoms with van der Waals surface area (Å²) in [6.07, 6.45) is -9.45. The molecule has 0 aromatic heterocycles. The maximum absolute atomic E-state index is 13.3. The number of hydrogen-bond donors (Lipinski definition) is 0. The van der Waals surface area contributed by atoms with Gasteiger partial charge in [0, 0.05) is 5.56 Å². The second-order valence-electron chi connectivity index (χ2n) is 5.36. The predicted octanol–water partition coefficient (Wildman–Crippen LogP) is 5.84. The van der Waals surface area contributed by atoms with E-state index < -0.39 is 34.8 Å². The number of aryl methyl sites for hydroxylation is 1. The van der Waals surface area contributed by atoms with E-state index in [1.165, 1.54) is 12.1 Å². The van der Waals surface area contributed by atoms with Gasteiger partial charge in [-0.15, -0.1) is 0 Å². The summed E-state index contributed by atoms with van der Waals surface area (Å²) in [5.41, 5.74) is -2.54. The van der Waals surface area contributed by atoms with Crippen molar-refractivity contribution in [3.8, 4) is 0 Å². The fraction of sp³-hybridized carbons (Fsp3) is 0.167. The largest absolute Gasteiger partial charge is 0.417 e. The summed E-state index contributed by atoms with van der Waals surface area (Å²) in [4.78, 5) is 12.1.